The van der Waals surface area contributed by atoms with E-state index in [0.29, 0.717) is 18.9 Å². The summed E-state index contributed by atoms with van der Waals surface area (Å²) < 4.78 is 14.9. The minimum absolute atomic E-state index is 0.0322. The van der Waals surface area contributed by atoms with Gasteiger partial charge in [-0.3, -0.25) is 9.59 Å². The summed E-state index contributed by atoms with van der Waals surface area (Å²) in [6.07, 6.45) is 6.16. The second-order valence-corrected chi connectivity index (χ2v) is 12.9. The first-order valence-corrected chi connectivity index (χ1v) is 17.3. The van der Waals surface area contributed by atoms with E-state index in [0.717, 1.165) is 65.1 Å². The van der Waals surface area contributed by atoms with Gasteiger partial charge in [0.05, 0.1) is 56.2 Å². The van der Waals surface area contributed by atoms with Crippen molar-refractivity contribution in [2.45, 2.75) is 49.9 Å². The van der Waals surface area contributed by atoms with Gasteiger partial charge in [-0.05, 0) is 61.1 Å². The molecular formula is C38H44N8O6. The number of ether oxygens (including phenoxy) is 3. The predicted octanol–water partition coefficient (Wildman–Crippen LogP) is 3.54. The van der Waals surface area contributed by atoms with E-state index in [1.807, 2.05) is 48.5 Å². The van der Waals surface area contributed by atoms with Crippen molar-refractivity contribution >= 4 is 17.9 Å². The number of hydrogen-bond donors (Lipinski definition) is 4. The van der Waals surface area contributed by atoms with Crippen molar-refractivity contribution in [3.63, 3.8) is 0 Å². The normalized spacial score (nSPS) is 18.1. The Morgan fingerprint density at radius 1 is 0.788 bits per heavy atom. The maximum Gasteiger partial charge on any atom is 0.407 e. The first kappa shape index (κ1) is 36.3. The highest BCUT2D eigenvalue weighted by Gasteiger charge is 2.37. The third kappa shape index (κ3) is 8.18. The van der Waals surface area contributed by atoms with Crippen molar-refractivity contribution in [1.29, 1.82) is 0 Å². The zero-order valence-corrected chi connectivity index (χ0v) is 29.6. The van der Waals surface area contributed by atoms with Crippen LogP contribution in [0.4, 0.5) is 4.79 Å². The summed E-state index contributed by atoms with van der Waals surface area (Å²) in [7, 11) is 4.27. The molecule has 2 saturated heterocycles. The smallest absolute Gasteiger partial charge is 0.407 e. The van der Waals surface area contributed by atoms with Crippen LogP contribution in [0.3, 0.4) is 0 Å². The van der Waals surface area contributed by atoms with Crippen molar-refractivity contribution in [1.82, 2.24) is 35.1 Å². The van der Waals surface area contributed by atoms with Gasteiger partial charge in [-0.25, -0.2) is 14.8 Å². The Labute approximate surface area is 302 Å². The molecule has 2 aliphatic heterocycles. The largest absolute Gasteiger partial charge is 0.453 e. The Hall–Kier alpha value is -5.49. The van der Waals surface area contributed by atoms with Gasteiger partial charge in [-0.1, -0.05) is 36.1 Å². The molecule has 52 heavy (non-hydrogen) atoms. The molecule has 6 rings (SSSR count). The second-order valence-electron chi connectivity index (χ2n) is 12.9. The van der Waals surface area contributed by atoms with Crippen LogP contribution in [0.15, 0.2) is 60.9 Å². The van der Waals surface area contributed by atoms with Gasteiger partial charge in [0.25, 0.3) is 0 Å². The van der Waals surface area contributed by atoms with E-state index in [9.17, 15) is 14.4 Å². The van der Waals surface area contributed by atoms with Crippen LogP contribution in [0.25, 0.3) is 22.5 Å². The van der Waals surface area contributed by atoms with Gasteiger partial charge in [-0.15, -0.1) is 0 Å². The van der Waals surface area contributed by atoms with Gasteiger partial charge >= 0.3 is 6.09 Å². The third-order valence-corrected chi connectivity index (χ3v) is 9.41. The molecule has 0 radical (unpaired) electrons. The number of aromatic nitrogens is 4. The number of rotatable bonds is 11. The fourth-order valence-electron chi connectivity index (χ4n) is 6.75. The number of nitrogens with one attached hydrogen (secondary N) is 3. The number of methoxy groups -OCH3 is 3. The van der Waals surface area contributed by atoms with E-state index < -0.39 is 18.2 Å². The highest BCUT2D eigenvalue weighted by Crippen LogP contribution is 2.33. The van der Waals surface area contributed by atoms with Crippen molar-refractivity contribution in [2.24, 2.45) is 5.73 Å². The number of imidazole rings is 2. The molecule has 3 amide bonds. The molecule has 4 heterocycles. The van der Waals surface area contributed by atoms with Crippen molar-refractivity contribution in [2.75, 3.05) is 47.6 Å². The third-order valence-electron chi connectivity index (χ3n) is 9.41. The summed E-state index contributed by atoms with van der Waals surface area (Å²) in [5.74, 6) is 7.54. The van der Waals surface area contributed by atoms with Crippen molar-refractivity contribution in [3.05, 3.63) is 83.7 Å². The van der Waals surface area contributed by atoms with Gasteiger partial charge in [0, 0.05) is 38.4 Å². The number of aromatic amines is 2. The van der Waals surface area contributed by atoms with Crippen LogP contribution in [-0.2, 0) is 23.8 Å². The molecule has 2 aromatic heterocycles. The van der Waals surface area contributed by atoms with E-state index in [-0.39, 0.29) is 37.1 Å². The van der Waals surface area contributed by atoms with Gasteiger partial charge < -0.3 is 45.0 Å². The molecule has 0 spiro atoms. The van der Waals surface area contributed by atoms with E-state index in [2.05, 4.69) is 41.8 Å². The standard InChI is InChI=1S/C38H44N8O6/c1-50-22-28(39)36(47)45-18-4-6-32(45)34-40-20-29(42-34)26-14-10-24(11-15-26)8-9-25-12-16-27(17-13-25)30-21-41-35(43-30)33-7-5-19-46(33)37(48)31(23-51-2)44-38(49)52-3/h10-17,20-21,28,31-33H,4-7,18-19,22-23,39H2,1-3H3,(H,40,42)(H,41,43)(H,44,49)/t28-,31-,32-,33-/m0/s1. The van der Waals surface area contributed by atoms with E-state index >= 15 is 0 Å². The Morgan fingerprint density at radius 2 is 1.27 bits per heavy atom. The molecule has 2 aliphatic rings. The zero-order valence-electron chi connectivity index (χ0n) is 29.6. The number of carbonyl (C=O) groups excluding carboxylic acids is 3. The molecule has 0 aliphatic carbocycles. The summed E-state index contributed by atoms with van der Waals surface area (Å²) in [6, 6.07) is 13.9. The predicted molar refractivity (Wildman–Crippen MR) is 192 cm³/mol. The quantitative estimate of drug-likeness (QED) is 0.170. The van der Waals surface area contributed by atoms with Gasteiger partial charge in [0.2, 0.25) is 11.8 Å². The highest BCUT2D eigenvalue weighted by atomic mass is 16.5. The first-order valence-electron chi connectivity index (χ1n) is 17.3. The molecule has 2 fully saturated rings. The first-order chi connectivity index (χ1) is 25.3. The van der Waals surface area contributed by atoms with Crippen LogP contribution >= 0.6 is 0 Å². The fraction of sp³-hybridized carbons (Fsp3) is 0.395. The molecule has 4 atom stereocenters. The Bertz CT molecular complexity index is 1910. The van der Waals surface area contributed by atoms with Crippen molar-refractivity contribution in [3.8, 4) is 34.4 Å². The van der Waals surface area contributed by atoms with Crippen molar-refractivity contribution < 1.29 is 28.6 Å². The molecule has 14 nitrogen and oxygen atoms in total. The lowest BCUT2D eigenvalue weighted by atomic mass is 10.1. The SMILES string of the molecule is COC[C@H](NC(=O)OC)C(=O)N1CCC[C@H]1c1ncc(-c2ccc(C#Cc3ccc(-c4cnc([C@@H]5CCCN5C(=O)[C@@H](N)COC)[nH]4)cc3)cc2)[nH]1. The minimum atomic E-state index is -0.858. The number of hydrogen-bond acceptors (Lipinski definition) is 9. The lowest BCUT2D eigenvalue weighted by molar-refractivity contribution is -0.136. The Morgan fingerprint density at radius 3 is 1.73 bits per heavy atom. The highest BCUT2D eigenvalue weighted by molar-refractivity contribution is 5.86. The van der Waals surface area contributed by atoms with E-state index in [1.165, 1.54) is 21.3 Å². The minimum Gasteiger partial charge on any atom is -0.453 e. The molecular weight excluding hydrogens is 664 g/mol. The molecule has 4 aromatic rings. The Balaban J connectivity index is 1.07. The number of likely N-dealkylation sites (tertiary alicyclic amines) is 2. The number of benzene rings is 2. The molecule has 0 bridgehead atoms. The number of carbonyl (C=O) groups is 3. The Kier molecular flexibility index (Phi) is 11.6. The summed E-state index contributed by atoms with van der Waals surface area (Å²) >= 11 is 0. The monoisotopic (exact) mass is 708 g/mol. The fourth-order valence-corrected chi connectivity index (χ4v) is 6.75. The summed E-state index contributed by atoms with van der Waals surface area (Å²) in [4.78, 5) is 57.5. The van der Waals surface area contributed by atoms with Gasteiger partial charge in [0.1, 0.15) is 23.7 Å². The molecule has 5 N–H and O–H groups in total. The van der Waals surface area contributed by atoms with Gasteiger partial charge in [0.15, 0.2) is 0 Å². The maximum atomic E-state index is 13.3. The maximum absolute atomic E-state index is 13.3. The van der Waals surface area contributed by atoms with E-state index in [4.69, 9.17) is 15.2 Å². The molecule has 2 aromatic carbocycles. The average Bonchev–Trinajstić information content (AvgIpc) is 4.00. The topological polar surface area (TPSA) is 181 Å². The number of alkyl carbamates (subject to hydrolysis) is 1. The van der Waals surface area contributed by atoms with E-state index in [1.54, 1.807) is 22.2 Å². The molecule has 0 unspecified atom stereocenters. The second kappa shape index (κ2) is 16.7. The number of nitrogens with two attached hydrogens (primary N) is 1. The number of H-pyrrole nitrogens is 2. The van der Waals surface area contributed by atoms with Crippen LogP contribution in [0.2, 0.25) is 0 Å². The van der Waals surface area contributed by atoms with Crippen LogP contribution in [0.5, 0.6) is 0 Å². The van der Waals surface area contributed by atoms with Gasteiger partial charge in [-0.2, -0.15) is 0 Å². The number of amides is 3. The summed E-state index contributed by atoms with van der Waals surface area (Å²) in [5.41, 5.74) is 11.4. The lowest BCUT2D eigenvalue weighted by Gasteiger charge is -2.27. The molecule has 14 heteroatoms. The molecule has 0 saturated carbocycles. The molecule has 272 valence electrons. The number of nitrogens with zero attached hydrogens (tertiary/aromatic N) is 4. The van der Waals surface area contributed by atoms with Crippen LogP contribution < -0.4 is 11.1 Å². The lowest BCUT2D eigenvalue weighted by Crippen LogP contribution is -2.50. The van der Waals surface area contributed by atoms with Crippen LogP contribution in [-0.4, -0.2) is 107 Å². The summed E-state index contributed by atoms with van der Waals surface area (Å²) in [6.45, 7) is 1.42. The van der Waals surface area contributed by atoms with Crippen LogP contribution in [0, 0.1) is 11.8 Å². The summed E-state index contributed by atoms with van der Waals surface area (Å²) in [5, 5.41) is 2.56. The average molecular weight is 709 g/mol. The zero-order chi connectivity index (χ0) is 36.6. The van der Waals surface area contributed by atoms with Crippen LogP contribution in [0.1, 0.15) is 60.5 Å².